The summed E-state index contributed by atoms with van der Waals surface area (Å²) in [5.41, 5.74) is 2.91. The number of rotatable bonds is 5. The number of benzene rings is 1. The van der Waals surface area contributed by atoms with Gasteiger partial charge in [0.2, 0.25) is 0 Å². The first kappa shape index (κ1) is 15.2. The summed E-state index contributed by atoms with van der Waals surface area (Å²) in [7, 11) is 1.89. The van der Waals surface area contributed by atoms with Crippen LogP contribution in [0.1, 0.15) is 41.6 Å². The molecule has 1 aliphatic carbocycles. The fourth-order valence-corrected chi connectivity index (χ4v) is 3.81. The van der Waals surface area contributed by atoms with Gasteiger partial charge >= 0.3 is 0 Å². The molecular weight excluding hydrogens is 268 g/mol. The second-order valence-electron chi connectivity index (χ2n) is 5.56. The van der Waals surface area contributed by atoms with Gasteiger partial charge in [0.25, 0.3) is 5.91 Å². The summed E-state index contributed by atoms with van der Waals surface area (Å²) in [6.45, 7) is 2.79. The van der Waals surface area contributed by atoms with Crippen molar-refractivity contribution in [3.8, 4) is 0 Å². The lowest BCUT2D eigenvalue weighted by molar-refractivity contribution is 0.0949. The Morgan fingerprint density at radius 3 is 2.60 bits per heavy atom. The highest BCUT2D eigenvalue weighted by atomic mass is 32.2. The van der Waals surface area contributed by atoms with E-state index < -0.39 is 0 Å². The first-order valence-electron chi connectivity index (χ1n) is 7.22. The second-order valence-corrected chi connectivity index (χ2v) is 6.83. The standard InChI is InChI=1S/C16H24N2OS/c1-12-10-13(6-7-14(12)17-2)15(19)18-11-16(20-3)8-4-5-9-16/h6-7,10,17H,4-5,8-9,11H2,1-3H3,(H,18,19). The number of carbonyl (C=O) groups is 1. The predicted molar refractivity (Wildman–Crippen MR) is 87.8 cm³/mol. The Hall–Kier alpha value is -1.16. The fourth-order valence-electron chi connectivity index (χ4n) is 2.90. The quantitative estimate of drug-likeness (QED) is 0.873. The summed E-state index contributed by atoms with van der Waals surface area (Å²) < 4.78 is 0.260. The maximum atomic E-state index is 12.3. The van der Waals surface area contributed by atoms with Gasteiger partial charge in [0.15, 0.2) is 0 Å². The summed E-state index contributed by atoms with van der Waals surface area (Å²) in [5.74, 6) is 0.0380. The lowest BCUT2D eigenvalue weighted by atomic mass is 10.1. The summed E-state index contributed by atoms with van der Waals surface area (Å²) in [6.07, 6.45) is 7.15. The first-order valence-corrected chi connectivity index (χ1v) is 8.44. The third kappa shape index (κ3) is 3.29. The predicted octanol–water partition coefficient (Wildman–Crippen LogP) is 3.44. The molecule has 0 heterocycles. The average molecular weight is 292 g/mol. The molecular formula is C16H24N2OS. The van der Waals surface area contributed by atoms with Crippen LogP contribution in [0.4, 0.5) is 5.69 Å². The Bertz CT molecular complexity index is 481. The van der Waals surface area contributed by atoms with Crippen molar-refractivity contribution in [3.05, 3.63) is 29.3 Å². The molecule has 3 nitrogen and oxygen atoms in total. The summed E-state index contributed by atoms with van der Waals surface area (Å²) in [4.78, 5) is 12.3. The average Bonchev–Trinajstić information content (AvgIpc) is 2.94. The Morgan fingerprint density at radius 1 is 1.35 bits per heavy atom. The largest absolute Gasteiger partial charge is 0.388 e. The van der Waals surface area contributed by atoms with Crippen LogP contribution >= 0.6 is 11.8 Å². The van der Waals surface area contributed by atoms with Gasteiger partial charge < -0.3 is 10.6 Å². The number of amides is 1. The van der Waals surface area contributed by atoms with Gasteiger partial charge in [0, 0.05) is 29.6 Å². The number of nitrogens with one attached hydrogen (secondary N) is 2. The monoisotopic (exact) mass is 292 g/mol. The lowest BCUT2D eigenvalue weighted by Crippen LogP contribution is -2.38. The van der Waals surface area contributed by atoms with E-state index in [1.165, 1.54) is 25.7 Å². The Morgan fingerprint density at radius 2 is 2.05 bits per heavy atom. The van der Waals surface area contributed by atoms with Crippen LogP contribution in [0.15, 0.2) is 18.2 Å². The Kier molecular flexibility index (Phi) is 4.97. The number of anilines is 1. The van der Waals surface area contributed by atoms with Gasteiger partial charge in [-0.15, -0.1) is 0 Å². The molecule has 4 heteroatoms. The number of carbonyl (C=O) groups excluding carboxylic acids is 1. The molecule has 0 radical (unpaired) electrons. The van der Waals surface area contributed by atoms with Crippen molar-refractivity contribution in [1.29, 1.82) is 0 Å². The van der Waals surface area contributed by atoms with Gasteiger partial charge in [0.1, 0.15) is 0 Å². The van der Waals surface area contributed by atoms with Crippen molar-refractivity contribution in [3.63, 3.8) is 0 Å². The minimum absolute atomic E-state index is 0.0380. The zero-order valence-electron chi connectivity index (χ0n) is 12.6. The first-order chi connectivity index (χ1) is 9.60. The lowest BCUT2D eigenvalue weighted by Gasteiger charge is -2.27. The maximum absolute atomic E-state index is 12.3. The van der Waals surface area contributed by atoms with E-state index in [4.69, 9.17) is 0 Å². The number of aryl methyl sites for hydroxylation is 1. The van der Waals surface area contributed by atoms with Gasteiger partial charge in [-0.05, 0) is 49.8 Å². The molecule has 1 saturated carbocycles. The van der Waals surface area contributed by atoms with Crippen LogP contribution in [-0.2, 0) is 0 Å². The molecule has 0 aliphatic heterocycles. The topological polar surface area (TPSA) is 41.1 Å². The molecule has 0 spiro atoms. The van der Waals surface area contributed by atoms with E-state index in [-0.39, 0.29) is 10.7 Å². The third-order valence-electron chi connectivity index (χ3n) is 4.28. The van der Waals surface area contributed by atoms with Crippen molar-refractivity contribution in [2.45, 2.75) is 37.4 Å². The Labute approximate surface area is 125 Å². The molecule has 0 atom stereocenters. The molecule has 0 saturated heterocycles. The Balaban J connectivity index is 1.99. The van der Waals surface area contributed by atoms with E-state index in [0.717, 1.165) is 23.4 Å². The molecule has 0 unspecified atom stereocenters. The molecule has 2 N–H and O–H groups in total. The minimum Gasteiger partial charge on any atom is -0.388 e. The zero-order valence-corrected chi connectivity index (χ0v) is 13.4. The van der Waals surface area contributed by atoms with E-state index >= 15 is 0 Å². The summed E-state index contributed by atoms with van der Waals surface area (Å²) >= 11 is 1.90. The molecule has 1 aromatic carbocycles. The van der Waals surface area contributed by atoms with Crippen LogP contribution in [0.25, 0.3) is 0 Å². The van der Waals surface area contributed by atoms with Gasteiger partial charge in [0.05, 0.1) is 0 Å². The summed E-state index contributed by atoms with van der Waals surface area (Å²) in [5, 5.41) is 6.24. The molecule has 1 aliphatic rings. The molecule has 0 aromatic heterocycles. The molecule has 1 amide bonds. The van der Waals surface area contributed by atoms with Gasteiger partial charge in [-0.1, -0.05) is 12.8 Å². The second kappa shape index (κ2) is 6.53. The maximum Gasteiger partial charge on any atom is 0.251 e. The van der Waals surface area contributed by atoms with Crippen molar-refractivity contribution in [2.75, 3.05) is 25.2 Å². The van der Waals surface area contributed by atoms with Gasteiger partial charge in [-0.25, -0.2) is 0 Å². The molecule has 110 valence electrons. The van der Waals surface area contributed by atoms with Crippen LogP contribution < -0.4 is 10.6 Å². The van der Waals surface area contributed by atoms with Gasteiger partial charge in [-0.2, -0.15) is 11.8 Å². The van der Waals surface area contributed by atoms with Crippen LogP contribution in [0.2, 0.25) is 0 Å². The summed E-state index contributed by atoms with van der Waals surface area (Å²) in [6, 6.07) is 5.79. The SMILES string of the molecule is CNc1ccc(C(=O)NCC2(SC)CCCC2)cc1C. The highest BCUT2D eigenvalue weighted by Gasteiger charge is 2.33. The van der Waals surface area contributed by atoms with E-state index in [2.05, 4.69) is 16.9 Å². The number of hydrogen-bond donors (Lipinski definition) is 2. The van der Waals surface area contributed by atoms with Crippen molar-refractivity contribution >= 4 is 23.4 Å². The number of hydrogen-bond acceptors (Lipinski definition) is 3. The molecule has 20 heavy (non-hydrogen) atoms. The molecule has 0 bridgehead atoms. The van der Waals surface area contributed by atoms with E-state index in [9.17, 15) is 4.79 Å². The van der Waals surface area contributed by atoms with Crippen molar-refractivity contribution in [2.24, 2.45) is 0 Å². The van der Waals surface area contributed by atoms with E-state index in [1.807, 2.05) is 43.9 Å². The van der Waals surface area contributed by atoms with Crippen LogP contribution in [0.3, 0.4) is 0 Å². The van der Waals surface area contributed by atoms with Crippen LogP contribution in [0, 0.1) is 6.92 Å². The number of thioether (sulfide) groups is 1. The van der Waals surface area contributed by atoms with Crippen LogP contribution in [-0.4, -0.2) is 30.5 Å². The molecule has 1 aromatic rings. The van der Waals surface area contributed by atoms with E-state index in [0.29, 0.717) is 0 Å². The van der Waals surface area contributed by atoms with Crippen molar-refractivity contribution < 1.29 is 4.79 Å². The smallest absolute Gasteiger partial charge is 0.251 e. The van der Waals surface area contributed by atoms with E-state index in [1.54, 1.807) is 0 Å². The third-order valence-corrected chi connectivity index (χ3v) is 5.70. The van der Waals surface area contributed by atoms with Crippen molar-refractivity contribution in [1.82, 2.24) is 5.32 Å². The van der Waals surface area contributed by atoms with Crippen LogP contribution in [0.5, 0.6) is 0 Å². The highest BCUT2D eigenvalue weighted by Crippen LogP contribution is 2.39. The molecule has 1 fully saturated rings. The molecule has 2 rings (SSSR count). The minimum atomic E-state index is 0.0380. The fraction of sp³-hybridized carbons (Fsp3) is 0.562. The van der Waals surface area contributed by atoms with Gasteiger partial charge in [-0.3, -0.25) is 4.79 Å². The zero-order chi connectivity index (χ0) is 14.6. The highest BCUT2D eigenvalue weighted by molar-refractivity contribution is 8.00. The normalized spacial score (nSPS) is 16.9.